The summed E-state index contributed by atoms with van der Waals surface area (Å²) in [5.41, 5.74) is 2.96. The van der Waals surface area contributed by atoms with E-state index in [0.717, 1.165) is 37.2 Å². The van der Waals surface area contributed by atoms with Gasteiger partial charge in [-0.3, -0.25) is 9.78 Å². The summed E-state index contributed by atoms with van der Waals surface area (Å²) in [5, 5.41) is 11.1. The Balaban J connectivity index is 0.00000140. The molecule has 0 bridgehead atoms. The molecule has 0 unspecified atom stereocenters. The quantitative estimate of drug-likeness (QED) is 0.680. The lowest BCUT2D eigenvalue weighted by Crippen LogP contribution is -2.42. The molecule has 0 aliphatic carbocycles. The van der Waals surface area contributed by atoms with Crippen molar-refractivity contribution in [3.8, 4) is 16.9 Å². The van der Waals surface area contributed by atoms with Crippen LogP contribution in [0.25, 0.3) is 16.9 Å². The van der Waals surface area contributed by atoms with E-state index in [0.29, 0.717) is 11.3 Å². The molecule has 8 heteroatoms. The molecule has 1 aliphatic rings. The molecule has 4 rings (SSSR count). The van der Waals surface area contributed by atoms with Crippen LogP contribution in [0.2, 0.25) is 0 Å². The number of piperidine rings is 1. The number of aromatic nitrogens is 3. The monoisotopic (exact) mass is 419 g/mol. The molecule has 0 spiro atoms. The van der Waals surface area contributed by atoms with E-state index in [9.17, 15) is 4.79 Å². The van der Waals surface area contributed by atoms with Gasteiger partial charge in [0.2, 0.25) is 0 Å². The van der Waals surface area contributed by atoms with Crippen LogP contribution in [-0.2, 0) is 0 Å². The Kier molecular flexibility index (Phi) is 7.99. The van der Waals surface area contributed by atoms with Crippen molar-refractivity contribution in [2.45, 2.75) is 18.9 Å². The highest BCUT2D eigenvalue weighted by molar-refractivity contribution is 6.00. The van der Waals surface area contributed by atoms with Crippen LogP contribution in [0.1, 0.15) is 23.2 Å². The summed E-state index contributed by atoms with van der Waals surface area (Å²) >= 11 is 0. The van der Waals surface area contributed by atoms with Gasteiger partial charge in [0.1, 0.15) is 5.69 Å². The summed E-state index contributed by atoms with van der Waals surface area (Å²) in [5.74, 6) is -0.0852. The first-order chi connectivity index (χ1) is 12.8. The summed E-state index contributed by atoms with van der Waals surface area (Å²) < 4.78 is 1.75. The zero-order valence-electron chi connectivity index (χ0n) is 15.2. The van der Waals surface area contributed by atoms with Crippen LogP contribution in [-0.4, -0.2) is 39.8 Å². The molecule has 1 saturated heterocycles. The van der Waals surface area contributed by atoms with Gasteiger partial charge in [-0.1, -0.05) is 18.2 Å². The number of benzene rings is 1. The zero-order chi connectivity index (χ0) is 17.8. The third-order valence-electron chi connectivity index (χ3n) is 4.59. The van der Waals surface area contributed by atoms with Gasteiger partial charge in [0.05, 0.1) is 11.3 Å². The van der Waals surface area contributed by atoms with Crippen LogP contribution in [0.3, 0.4) is 0 Å². The molecule has 1 aromatic carbocycles. The molecule has 148 valence electrons. The Bertz CT molecular complexity index is 880. The second-order valence-corrected chi connectivity index (χ2v) is 6.41. The predicted molar refractivity (Wildman–Crippen MR) is 115 cm³/mol. The Hall–Kier alpha value is -2.41. The molecule has 2 aromatic heterocycles. The molecule has 3 aromatic rings. The Morgan fingerprint density at radius 3 is 2.50 bits per heavy atom. The number of pyridine rings is 1. The van der Waals surface area contributed by atoms with Crippen LogP contribution >= 0.6 is 24.8 Å². The maximum Gasteiger partial charge on any atom is 0.255 e. The lowest BCUT2D eigenvalue weighted by Gasteiger charge is -2.23. The molecule has 1 fully saturated rings. The third kappa shape index (κ3) is 4.90. The highest BCUT2D eigenvalue weighted by Gasteiger charge is 2.22. The van der Waals surface area contributed by atoms with E-state index in [1.165, 1.54) is 0 Å². The van der Waals surface area contributed by atoms with Crippen molar-refractivity contribution in [1.29, 1.82) is 0 Å². The van der Waals surface area contributed by atoms with Crippen molar-refractivity contribution in [2.75, 3.05) is 13.1 Å². The lowest BCUT2D eigenvalue weighted by molar-refractivity contribution is 0.0930. The molecule has 1 aliphatic heterocycles. The largest absolute Gasteiger partial charge is 0.349 e. The number of carbonyl (C=O) groups excluding carboxylic acids is 1. The minimum absolute atomic E-state index is 0. The van der Waals surface area contributed by atoms with Gasteiger partial charge in [-0.15, -0.1) is 24.8 Å². The number of hydrogen-bond acceptors (Lipinski definition) is 4. The molecule has 28 heavy (non-hydrogen) atoms. The van der Waals surface area contributed by atoms with E-state index in [2.05, 4.69) is 20.7 Å². The zero-order valence-corrected chi connectivity index (χ0v) is 16.9. The van der Waals surface area contributed by atoms with Gasteiger partial charge in [0.15, 0.2) is 0 Å². The maximum absolute atomic E-state index is 12.9. The van der Waals surface area contributed by atoms with Gasteiger partial charge in [0.25, 0.3) is 5.91 Å². The molecule has 3 heterocycles. The SMILES string of the molecule is Cl.Cl.O=C(NC1CCNCC1)c1cn(-c2ccccc2)nc1-c1cccnc1. The molecular weight excluding hydrogens is 397 g/mol. The Morgan fingerprint density at radius 2 is 1.82 bits per heavy atom. The lowest BCUT2D eigenvalue weighted by atomic mass is 10.1. The van der Waals surface area contributed by atoms with E-state index in [1.54, 1.807) is 23.3 Å². The fourth-order valence-electron chi connectivity index (χ4n) is 3.20. The highest BCUT2D eigenvalue weighted by Crippen LogP contribution is 2.23. The number of hydrogen-bond donors (Lipinski definition) is 2. The average Bonchev–Trinajstić information content (AvgIpc) is 3.16. The van der Waals surface area contributed by atoms with Gasteiger partial charge in [-0.2, -0.15) is 5.10 Å². The summed E-state index contributed by atoms with van der Waals surface area (Å²) in [6, 6.07) is 13.8. The third-order valence-corrected chi connectivity index (χ3v) is 4.59. The Labute approximate surface area is 176 Å². The van der Waals surface area contributed by atoms with E-state index in [-0.39, 0.29) is 36.8 Å². The standard InChI is InChI=1S/C20H21N5O.2ClH/c26-20(23-16-8-11-21-12-9-16)18-14-25(17-6-2-1-3-7-17)24-19(18)15-5-4-10-22-13-15;;/h1-7,10,13-14,16,21H,8-9,11-12H2,(H,23,26);2*1H. The molecule has 1 amide bonds. The highest BCUT2D eigenvalue weighted by atomic mass is 35.5. The molecule has 0 atom stereocenters. The number of amides is 1. The average molecular weight is 420 g/mol. The van der Waals surface area contributed by atoms with E-state index in [1.807, 2.05) is 42.5 Å². The topological polar surface area (TPSA) is 71.8 Å². The van der Waals surface area contributed by atoms with Gasteiger partial charge >= 0.3 is 0 Å². The first kappa shape index (κ1) is 21.9. The number of para-hydroxylation sites is 1. The fraction of sp³-hybridized carbons (Fsp3) is 0.250. The van der Waals surface area contributed by atoms with Crippen molar-refractivity contribution in [1.82, 2.24) is 25.4 Å². The van der Waals surface area contributed by atoms with Crippen molar-refractivity contribution in [3.63, 3.8) is 0 Å². The van der Waals surface area contributed by atoms with Crippen LogP contribution < -0.4 is 10.6 Å². The molecule has 2 N–H and O–H groups in total. The minimum Gasteiger partial charge on any atom is -0.349 e. The minimum atomic E-state index is -0.0852. The first-order valence-electron chi connectivity index (χ1n) is 8.88. The number of rotatable bonds is 4. The van der Waals surface area contributed by atoms with E-state index >= 15 is 0 Å². The van der Waals surface area contributed by atoms with Gasteiger partial charge in [0, 0.05) is 30.2 Å². The van der Waals surface area contributed by atoms with Gasteiger partial charge in [-0.05, 0) is 50.2 Å². The van der Waals surface area contributed by atoms with E-state index in [4.69, 9.17) is 0 Å². The van der Waals surface area contributed by atoms with Crippen molar-refractivity contribution in [2.24, 2.45) is 0 Å². The smallest absolute Gasteiger partial charge is 0.255 e. The maximum atomic E-state index is 12.9. The number of halogens is 2. The summed E-state index contributed by atoms with van der Waals surface area (Å²) in [7, 11) is 0. The van der Waals surface area contributed by atoms with Crippen LogP contribution in [0.5, 0.6) is 0 Å². The van der Waals surface area contributed by atoms with Crippen molar-refractivity contribution < 1.29 is 4.79 Å². The summed E-state index contributed by atoms with van der Waals surface area (Å²) in [6.07, 6.45) is 7.14. The number of nitrogens with zero attached hydrogens (tertiary/aromatic N) is 3. The van der Waals surface area contributed by atoms with Crippen LogP contribution in [0.15, 0.2) is 61.1 Å². The summed E-state index contributed by atoms with van der Waals surface area (Å²) in [4.78, 5) is 17.1. The molecular formula is C20H23Cl2N5O. The summed E-state index contributed by atoms with van der Waals surface area (Å²) in [6.45, 7) is 1.87. The van der Waals surface area contributed by atoms with Gasteiger partial charge < -0.3 is 10.6 Å². The number of nitrogens with one attached hydrogen (secondary N) is 2. The van der Waals surface area contributed by atoms with Crippen molar-refractivity contribution in [3.05, 3.63) is 66.6 Å². The van der Waals surface area contributed by atoms with Gasteiger partial charge in [-0.25, -0.2) is 4.68 Å². The van der Waals surface area contributed by atoms with Crippen LogP contribution in [0.4, 0.5) is 0 Å². The Morgan fingerprint density at radius 1 is 1.07 bits per heavy atom. The second kappa shape index (κ2) is 10.2. The van der Waals surface area contributed by atoms with Crippen LogP contribution in [0, 0.1) is 0 Å². The molecule has 0 saturated carbocycles. The second-order valence-electron chi connectivity index (χ2n) is 6.41. The van der Waals surface area contributed by atoms with E-state index < -0.39 is 0 Å². The normalized spacial score (nSPS) is 13.9. The predicted octanol–water partition coefficient (Wildman–Crippen LogP) is 3.26. The van der Waals surface area contributed by atoms with Crippen molar-refractivity contribution >= 4 is 30.7 Å². The molecule has 0 radical (unpaired) electrons. The number of carbonyl (C=O) groups is 1. The molecule has 6 nitrogen and oxygen atoms in total. The first-order valence-corrected chi connectivity index (χ1v) is 8.88. The fourth-order valence-corrected chi connectivity index (χ4v) is 3.20.